The van der Waals surface area contributed by atoms with E-state index in [0.717, 1.165) is 10.6 Å². The van der Waals surface area contributed by atoms with E-state index in [0.29, 0.717) is 25.7 Å². The van der Waals surface area contributed by atoms with Crippen molar-refractivity contribution in [3.8, 4) is 11.3 Å². The Balaban J connectivity index is 1.78. The fourth-order valence-electron chi connectivity index (χ4n) is 4.83. The monoisotopic (exact) mass is 503 g/mol. The average Bonchev–Trinajstić information content (AvgIpc) is 3.42. The summed E-state index contributed by atoms with van der Waals surface area (Å²) in [7, 11) is 0. The zero-order valence-electron chi connectivity index (χ0n) is 27.1. The minimum Gasteiger partial charge on any atom is -0.435 e. The third-order valence-corrected chi connectivity index (χ3v) is 6.75. The molecule has 0 amide bonds. The molecule has 0 unspecified atom stereocenters. The molecule has 4 nitrogen and oxygen atoms in total. The van der Waals surface area contributed by atoms with Crippen molar-refractivity contribution in [3.05, 3.63) is 53.1 Å². The molecule has 0 spiro atoms. The molecule has 192 valence electrons. The van der Waals surface area contributed by atoms with E-state index in [1.54, 1.807) is 26.8 Å². The molecule has 4 aromatic rings. The number of hydrogen-bond acceptors (Lipinski definition) is 3. The molecule has 0 aliphatic heterocycles. The topological polar surface area (TPSA) is 43.3 Å². The summed E-state index contributed by atoms with van der Waals surface area (Å²) < 4.78 is 101. The second-order valence-corrected chi connectivity index (χ2v) is 11.4. The molecule has 0 bridgehead atoms. The molecule has 3 heterocycles. The van der Waals surface area contributed by atoms with E-state index in [4.69, 9.17) is 12.6 Å². The molecule has 0 atom stereocenters. The first-order valence-corrected chi connectivity index (χ1v) is 12.1. The van der Waals surface area contributed by atoms with Crippen LogP contribution in [0.2, 0.25) is 0 Å². The summed E-state index contributed by atoms with van der Waals surface area (Å²) in [5.74, 6) is -2.55. The van der Waals surface area contributed by atoms with Crippen molar-refractivity contribution >= 4 is 16.8 Å². The highest BCUT2D eigenvalue weighted by molar-refractivity contribution is 5.92. The number of fused-ring (bicyclic) bond motifs is 3. The molecule has 0 radical (unpaired) electrons. The highest BCUT2D eigenvalue weighted by Gasteiger charge is 2.41. The van der Waals surface area contributed by atoms with Crippen molar-refractivity contribution in [2.75, 3.05) is 0 Å². The van der Waals surface area contributed by atoms with Crippen LogP contribution < -0.4 is 0 Å². The van der Waals surface area contributed by atoms with Crippen LogP contribution in [0.1, 0.15) is 97.1 Å². The number of aromatic nitrogens is 3. The number of benzene rings is 1. The second kappa shape index (κ2) is 8.35. The summed E-state index contributed by atoms with van der Waals surface area (Å²) in [6.45, 7) is 6.47. The van der Waals surface area contributed by atoms with Gasteiger partial charge in [-0.05, 0) is 79.1 Å². The summed E-state index contributed by atoms with van der Waals surface area (Å²) in [6, 6.07) is 5.92. The highest BCUT2D eigenvalue weighted by Crippen LogP contribution is 2.46. The normalized spacial score (nSPS) is 21.4. The van der Waals surface area contributed by atoms with Crippen molar-refractivity contribution in [2.24, 2.45) is 10.8 Å². The van der Waals surface area contributed by atoms with Gasteiger partial charge < -0.3 is 4.42 Å². The van der Waals surface area contributed by atoms with Crippen LogP contribution in [0.5, 0.6) is 0 Å². The van der Waals surface area contributed by atoms with Gasteiger partial charge in [0.2, 0.25) is 11.5 Å². The van der Waals surface area contributed by atoms with Gasteiger partial charge in [0.15, 0.2) is 5.58 Å². The van der Waals surface area contributed by atoms with Crippen molar-refractivity contribution in [3.63, 3.8) is 0 Å². The molecule has 1 aliphatic rings. The lowest BCUT2D eigenvalue weighted by molar-refractivity contribution is -0.145. The van der Waals surface area contributed by atoms with Crippen molar-refractivity contribution in [2.45, 2.75) is 85.6 Å². The third-order valence-electron chi connectivity index (χ3n) is 6.75. The molecule has 0 N–H and O–H groups in total. The highest BCUT2D eigenvalue weighted by atomic mass is 19.4. The number of hydrogen-bond donors (Lipinski definition) is 0. The fraction of sp³-hybridized carbons (Fsp3) is 0.517. The number of alkyl halides is 3. The summed E-state index contributed by atoms with van der Waals surface area (Å²) in [4.78, 5) is 8.28. The van der Waals surface area contributed by atoms with Gasteiger partial charge >= 0.3 is 6.18 Å². The molecule has 1 saturated carbocycles. The molecule has 3 aromatic heterocycles. The summed E-state index contributed by atoms with van der Waals surface area (Å²) in [5.41, 5.74) is -1.03. The number of imidazole rings is 1. The minimum atomic E-state index is -4.83. The first-order chi connectivity index (χ1) is 19.1. The lowest BCUT2D eigenvalue weighted by atomic mass is 9.72. The number of oxazole rings is 1. The smallest absolute Gasteiger partial charge is 0.435 e. The molecule has 5 rings (SSSR count). The average molecular weight is 504 g/mol. The lowest BCUT2D eigenvalue weighted by Crippen LogP contribution is -2.20. The predicted octanol–water partition coefficient (Wildman–Crippen LogP) is 8.74. The van der Waals surface area contributed by atoms with Gasteiger partial charge in [0.05, 0.1) is 11.2 Å². The Morgan fingerprint density at radius 3 is 2.58 bits per heavy atom. The minimum absolute atomic E-state index is 0.0282. The quantitative estimate of drug-likeness (QED) is 0.281. The Morgan fingerprint density at radius 1 is 1.22 bits per heavy atom. The van der Waals surface area contributed by atoms with Crippen LogP contribution in [0.25, 0.3) is 28.1 Å². The fourth-order valence-corrected chi connectivity index (χ4v) is 4.83. The predicted molar refractivity (Wildman–Crippen MR) is 136 cm³/mol. The van der Waals surface area contributed by atoms with Crippen molar-refractivity contribution < 1.29 is 25.8 Å². The number of pyridine rings is 1. The van der Waals surface area contributed by atoms with Crippen LogP contribution in [0.4, 0.5) is 13.2 Å². The molecular formula is C29H34F3N3O. The SMILES string of the molecule is [2H]C([2H])([2H])c1cnc(-c2cccc3c2oc2c(C4([2H])CCC(C)(C)CC4)nc(C(F)(F)F)n23)cc1C([2H])([2H])C(C)(C)C. The van der Waals surface area contributed by atoms with Crippen molar-refractivity contribution in [1.29, 1.82) is 0 Å². The van der Waals surface area contributed by atoms with Gasteiger partial charge in [-0.15, -0.1) is 0 Å². The Labute approximate surface area is 218 Å². The lowest BCUT2D eigenvalue weighted by Gasteiger charge is -2.33. The Hall–Kier alpha value is -2.83. The summed E-state index contributed by atoms with van der Waals surface area (Å²) >= 11 is 0. The van der Waals surface area contributed by atoms with Crippen LogP contribution in [0, 0.1) is 17.7 Å². The van der Waals surface area contributed by atoms with Gasteiger partial charge in [-0.25, -0.2) is 4.98 Å². The van der Waals surface area contributed by atoms with Gasteiger partial charge in [-0.1, -0.05) is 40.7 Å². The van der Waals surface area contributed by atoms with E-state index in [1.165, 1.54) is 18.2 Å². The van der Waals surface area contributed by atoms with E-state index in [2.05, 4.69) is 23.8 Å². The van der Waals surface area contributed by atoms with Crippen LogP contribution in [0.15, 0.2) is 34.9 Å². The first-order valence-electron chi connectivity index (χ1n) is 15.1. The standard InChI is InChI=1S/C29H34F3N3O/c1-17-16-33-21(14-19(17)15-27(2,3)4)20-8-7-9-22-24(20)36-25-23(18-10-12-28(5,6)13-11-18)34-26(35(22)25)29(30,31)32/h7-9,14,16,18H,10-13,15H2,1-6H3/i1D3,15D2,18D. The number of rotatable bonds is 3. The zero-order chi connectivity index (χ0) is 31.3. The molecular weight excluding hydrogens is 463 g/mol. The molecule has 1 aromatic carbocycles. The van der Waals surface area contributed by atoms with Gasteiger partial charge in [-0.3, -0.25) is 9.38 Å². The van der Waals surface area contributed by atoms with E-state index in [1.807, 2.05) is 0 Å². The largest absolute Gasteiger partial charge is 0.450 e. The van der Waals surface area contributed by atoms with E-state index < -0.39 is 36.5 Å². The number of halogens is 3. The third kappa shape index (κ3) is 4.53. The number of aryl methyl sites for hydroxylation is 1. The second-order valence-electron chi connectivity index (χ2n) is 11.4. The van der Waals surface area contributed by atoms with E-state index in [9.17, 15) is 13.2 Å². The van der Waals surface area contributed by atoms with Crippen molar-refractivity contribution in [1.82, 2.24) is 14.4 Å². The molecule has 1 aliphatic carbocycles. The molecule has 1 fully saturated rings. The van der Waals surface area contributed by atoms with Crippen LogP contribution in [0.3, 0.4) is 0 Å². The van der Waals surface area contributed by atoms with Gasteiger partial charge in [0, 0.05) is 25.9 Å². The van der Waals surface area contributed by atoms with Gasteiger partial charge in [0.25, 0.3) is 0 Å². The van der Waals surface area contributed by atoms with Gasteiger partial charge in [0.1, 0.15) is 5.69 Å². The van der Waals surface area contributed by atoms with Gasteiger partial charge in [-0.2, -0.15) is 13.2 Å². The van der Waals surface area contributed by atoms with E-state index >= 15 is 0 Å². The Morgan fingerprint density at radius 2 is 1.94 bits per heavy atom. The maximum Gasteiger partial charge on any atom is 0.450 e. The maximum atomic E-state index is 14.3. The van der Waals surface area contributed by atoms with Crippen LogP contribution in [-0.2, 0) is 12.5 Å². The van der Waals surface area contributed by atoms with E-state index in [-0.39, 0.29) is 50.3 Å². The Kier molecular flexibility index (Phi) is 4.27. The summed E-state index contributed by atoms with van der Waals surface area (Å²) in [6.07, 6.45) is -3.85. The molecule has 0 saturated heterocycles. The zero-order valence-corrected chi connectivity index (χ0v) is 21.1. The summed E-state index contributed by atoms with van der Waals surface area (Å²) in [5, 5.41) is 0. The Bertz CT molecular complexity index is 1670. The number of para-hydroxylation sites is 1. The van der Waals surface area contributed by atoms with Crippen LogP contribution in [-0.4, -0.2) is 14.4 Å². The van der Waals surface area contributed by atoms with Crippen LogP contribution >= 0.6 is 0 Å². The maximum absolute atomic E-state index is 14.3. The molecule has 7 heteroatoms. The first kappa shape index (κ1) is 18.4. The molecule has 36 heavy (non-hydrogen) atoms. The number of nitrogens with zero attached hydrogens (tertiary/aromatic N) is 3.